The van der Waals surface area contributed by atoms with Crippen molar-refractivity contribution in [2.45, 2.75) is 30.2 Å². The third-order valence-corrected chi connectivity index (χ3v) is 5.76. The van der Waals surface area contributed by atoms with Gasteiger partial charge in [0, 0.05) is 6.54 Å². The number of benzene rings is 1. The first-order valence-corrected chi connectivity index (χ1v) is 9.27. The van der Waals surface area contributed by atoms with E-state index in [9.17, 15) is 8.42 Å². The van der Waals surface area contributed by atoms with Crippen molar-refractivity contribution >= 4 is 10.0 Å². The van der Waals surface area contributed by atoms with Crippen molar-refractivity contribution in [1.29, 1.82) is 0 Å². The summed E-state index contributed by atoms with van der Waals surface area (Å²) >= 11 is 0. The molecule has 1 aliphatic rings. The Balaban J connectivity index is 1.76. The minimum absolute atomic E-state index is 0.144. The van der Waals surface area contributed by atoms with Gasteiger partial charge in [0.1, 0.15) is 5.76 Å². The van der Waals surface area contributed by atoms with Gasteiger partial charge in [0.25, 0.3) is 0 Å². The number of rotatable bonds is 6. The van der Waals surface area contributed by atoms with Crippen molar-refractivity contribution in [3.63, 3.8) is 0 Å². The minimum atomic E-state index is -3.52. The molecule has 1 aromatic carbocycles. The Hall–Kier alpha value is -1.63. The van der Waals surface area contributed by atoms with Crippen LogP contribution >= 0.6 is 0 Å². The Morgan fingerprint density at radius 1 is 1.22 bits per heavy atom. The van der Waals surface area contributed by atoms with Gasteiger partial charge in [-0.15, -0.1) is 0 Å². The molecule has 0 spiro atoms. The van der Waals surface area contributed by atoms with Crippen LogP contribution in [0.25, 0.3) is 0 Å². The normalized spacial score (nSPS) is 15.8. The summed E-state index contributed by atoms with van der Waals surface area (Å²) in [5.41, 5.74) is 2.42. The number of sulfonamides is 1. The Kier molecular flexibility index (Phi) is 4.57. The van der Waals surface area contributed by atoms with Crippen LogP contribution in [-0.4, -0.2) is 34.0 Å². The molecule has 0 fully saturated rings. The van der Waals surface area contributed by atoms with Crippen LogP contribution in [0.4, 0.5) is 0 Å². The Morgan fingerprint density at radius 2 is 2.00 bits per heavy atom. The lowest BCUT2D eigenvalue weighted by atomic mass is 10.1. The smallest absolute Gasteiger partial charge is 0.240 e. The first kappa shape index (κ1) is 16.2. The quantitative estimate of drug-likeness (QED) is 0.881. The zero-order valence-corrected chi connectivity index (χ0v) is 14.3. The maximum atomic E-state index is 12.6. The molecule has 0 aliphatic heterocycles. The molecule has 0 saturated heterocycles. The average Bonchev–Trinajstić information content (AvgIpc) is 3.17. The largest absolute Gasteiger partial charge is 0.468 e. The van der Waals surface area contributed by atoms with Crippen LogP contribution in [0, 0.1) is 0 Å². The number of aryl methyl sites for hydroxylation is 2. The molecule has 1 aliphatic carbocycles. The van der Waals surface area contributed by atoms with E-state index in [2.05, 4.69) is 4.72 Å². The average molecular weight is 334 g/mol. The summed E-state index contributed by atoms with van der Waals surface area (Å²) in [5.74, 6) is 0.742. The van der Waals surface area contributed by atoms with E-state index in [1.165, 1.54) is 5.56 Å². The van der Waals surface area contributed by atoms with Crippen molar-refractivity contribution in [2.24, 2.45) is 0 Å². The van der Waals surface area contributed by atoms with Gasteiger partial charge in [0.15, 0.2) is 0 Å². The summed E-state index contributed by atoms with van der Waals surface area (Å²) in [6.07, 6.45) is 4.71. The van der Waals surface area contributed by atoms with Crippen LogP contribution in [-0.2, 0) is 22.9 Å². The molecule has 0 radical (unpaired) electrons. The van der Waals surface area contributed by atoms with E-state index in [4.69, 9.17) is 4.42 Å². The molecule has 3 rings (SSSR count). The highest BCUT2D eigenvalue weighted by Gasteiger charge is 2.22. The molecule has 0 amide bonds. The summed E-state index contributed by atoms with van der Waals surface area (Å²) < 4.78 is 33.3. The molecule has 1 heterocycles. The monoisotopic (exact) mass is 334 g/mol. The maximum Gasteiger partial charge on any atom is 0.240 e. The molecule has 1 unspecified atom stereocenters. The number of fused-ring (bicyclic) bond motifs is 1. The van der Waals surface area contributed by atoms with Gasteiger partial charge < -0.3 is 4.42 Å². The molecular weight excluding hydrogens is 312 g/mol. The first-order chi connectivity index (χ1) is 11.0. The lowest BCUT2D eigenvalue weighted by Crippen LogP contribution is -2.34. The van der Waals surface area contributed by atoms with Gasteiger partial charge in [0.2, 0.25) is 10.0 Å². The fourth-order valence-corrected chi connectivity index (χ4v) is 4.09. The SMILES string of the molecule is CN(C)C(CNS(=O)(=O)c1ccc2c(c1)CCC2)c1ccco1. The van der Waals surface area contributed by atoms with Crippen LogP contribution < -0.4 is 4.72 Å². The highest BCUT2D eigenvalue weighted by molar-refractivity contribution is 7.89. The topological polar surface area (TPSA) is 62.6 Å². The van der Waals surface area contributed by atoms with Gasteiger partial charge >= 0.3 is 0 Å². The molecule has 5 nitrogen and oxygen atoms in total. The van der Waals surface area contributed by atoms with Gasteiger partial charge in [0.05, 0.1) is 17.2 Å². The van der Waals surface area contributed by atoms with E-state index in [0.717, 1.165) is 30.6 Å². The van der Waals surface area contributed by atoms with Crippen LogP contribution in [0.5, 0.6) is 0 Å². The predicted octanol–water partition coefficient (Wildman–Crippen LogP) is 2.35. The Morgan fingerprint density at radius 3 is 2.70 bits per heavy atom. The highest BCUT2D eigenvalue weighted by Crippen LogP contribution is 2.25. The predicted molar refractivity (Wildman–Crippen MR) is 88.8 cm³/mol. The Labute approximate surface area is 137 Å². The minimum Gasteiger partial charge on any atom is -0.468 e. The summed E-state index contributed by atoms with van der Waals surface area (Å²) in [5, 5.41) is 0. The van der Waals surface area contributed by atoms with Crippen molar-refractivity contribution in [2.75, 3.05) is 20.6 Å². The molecule has 124 valence electrons. The molecular formula is C17H22N2O3S. The van der Waals surface area contributed by atoms with Crippen molar-refractivity contribution in [1.82, 2.24) is 9.62 Å². The number of likely N-dealkylation sites (N-methyl/N-ethyl adjacent to an activating group) is 1. The number of nitrogens with one attached hydrogen (secondary N) is 1. The fourth-order valence-electron chi connectivity index (χ4n) is 3.01. The van der Waals surface area contributed by atoms with Gasteiger partial charge in [-0.2, -0.15) is 0 Å². The second-order valence-corrected chi connectivity index (χ2v) is 7.90. The van der Waals surface area contributed by atoms with E-state index in [1.54, 1.807) is 18.4 Å². The third-order valence-electron chi connectivity index (χ3n) is 4.34. The van der Waals surface area contributed by atoms with E-state index in [-0.39, 0.29) is 12.6 Å². The maximum absolute atomic E-state index is 12.6. The van der Waals surface area contributed by atoms with E-state index in [0.29, 0.717) is 4.90 Å². The number of furan rings is 1. The molecule has 1 aromatic heterocycles. The van der Waals surface area contributed by atoms with Gasteiger partial charge in [-0.25, -0.2) is 13.1 Å². The van der Waals surface area contributed by atoms with Crippen LogP contribution in [0.2, 0.25) is 0 Å². The van der Waals surface area contributed by atoms with Crippen molar-refractivity contribution in [3.8, 4) is 0 Å². The van der Waals surface area contributed by atoms with Crippen LogP contribution in [0.3, 0.4) is 0 Å². The number of hydrogen-bond acceptors (Lipinski definition) is 4. The van der Waals surface area contributed by atoms with Crippen molar-refractivity contribution in [3.05, 3.63) is 53.5 Å². The zero-order chi connectivity index (χ0) is 16.4. The molecule has 6 heteroatoms. The fraction of sp³-hybridized carbons (Fsp3) is 0.412. The summed E-state index contributed by atoms with van der Waals surface area (Å²) in [6.45, 7) is 0.264. The van der Waals surface area contributed by atoms with Gasteiger partial charge in [-0.3, -0.25) is 4.90 Å². The van der Waals surface area contributed by atoms with Gasteiger partial charge in [-0.1, -0.05) is 6.07 Å². The van der Waals surface area contributed by atoms with Crippen LogP contribution in [0.15, 0.2) is 45.9 Å². The van der Waals surface area contributed by atoms with Crippen molar-refractivity contribution < 1.29 is 12.8 Å². The first-order valence-electron chi connectivity index (χ1n) is 7.78. The zero-order valence-electron chi connectivity index (χ0n) is 13.5. The number of hydrogen-bond donors (Lipinski definition) is 1. The lowest BCUT2D eigenvalue weighted by molar-refractivity contribution is 0.259. The van der Waals surface area contributed by atoms with Crippen LogP contribution in [0.1, 0.15) is 29.3 Å². The third kappa shape index (κ3) is 3.49. The molecule has 1 atom stereocenters. The van der Waals surface area contributed by atoms with Gasteiger partial charge in [-0.05, 0) is 68.8 Å². The summed E-state index contributed by atoms with van der Waals surface area (Å²) in [6, 6.07) is 8.96. The Bertz CT molecular complexity index is 767. The second-order valence-electron chi connectivity index (χ2n) is 6.13. The second kappa shape index (κ2) is 6.47. The standard InChI is InChI=1S/C17H22N2O3S/c1-19(2)16(17-7-4-10-22-17)12-18-23(20,21)15-9-8-13-5-3-6-14(13)11-15/h4,7-11,16,18H,3,5-6,12H2,1-2H3. The highest BCUT2D eigenvalue weighted by atomic mass is 32.2. The number of nitrogens with zero attached hydrogens (tertiary/aromatic N) is 1. The molecule has 2 aromatic rings. The van der Waals surface area contributed by atoms with E-state index < -0.39 is 10.0 Å². The summed E-state index contributed by atoms with van der Waals surface area (Å²) in [4.78, 5) is 2.28. The summed E-state index contributed by atoms with van der Waals surface area (Å²) in [7, 11) is 0.280. The molecule has 0 bridgehead atoms. The molecule has 1 N–H and O–H groups in total. The molecule has 23 heavy (non-hydrogen) atoms. The molecule has 0 saturated carbocycles. The lowest BCUT2D eigenvalue weighted by Gasteiger charge is -2.22. The van der Waals surface area contributed by atoms with E-state index in [1.807, 2.05) is 37.2 Å². The van der Waals surface area contributed by atoms with E-state index >= 15 is 0 Å².